The second-order valence-electron chi connectivity index (χ2n) is 5.69. The van der Waals surface area contributed by atoms with Gasteiger partial charge in [-0.2, -0.15) is 0 Å². The van der Waals surface area contributed by atoms with Gasteiger partial charge in [0.1, 0.15) is 25.2 Å². The maximum Gasteiger partial charge on any atom is 0.330 e. The van der Waals surface area contributed by atoms with E-state index in [-0.39, 0.29) is 6.79 Å². The summed E-state index contributed by atoms with van der Waals surface area (Å²) in [5.41, 5.74) is -4.45. The summed E-state index contributed by atoms with van der Waals surface area (Å²) in [6.07, 6.45) is -0.998. The Bertz CT molecular complexity index is 672. The number of aliphatic hydroxyl groups is 1. The molecule has 1 aromatic heterocycles. The summed E-state index contributed by atoms with van der Waals surface area (Å²) in [6.45, 7) is -0.386. The van der Waals surface area contributed by atoms with E-state index in [1.165, 1.54) is 20.4 Å². The van der Waals surface area contributed by atoms with Gasteiger partial charge in [0.05, 0.1) is 6.61 Å². The van der Waals surface area contributed by atoms with Crippen LogP contribution >= 0.6 is 0 Å². The van der Waals surface area contributed by atoms with Crippen molar-refractivity contribution in [1.29, 1.82) is 0 Å². The fourth-order valence-corrected chi connectivity index (χ4v) is 3.04. The van der Waals surface area contributed by atoms with E-state index >= 15 is 0 Å². The van der Waals surface area contributed by atoms with Crippen LogP contribution in [-0.2, 0) is 18.9 Å². The van der Waals surface area contributed by atoms with Crippen LogP contribution in [0.4, 0.5) is 4.39 Å². The van der Waals surface area contributed by atoms with Crippen molar-refractivity contribution >= 4 is 0 Å². The zero-order valence-corrected chi connectivity index (χ0v) is 13.7. The fourth-order valence-electron chi connectivity index (χ4n) is 3.04. The van der Waals surface area contributed by atoms with Crippen molar-refractivity contribution in [3.8, 4) is 0 Å². The monoisotopic (exact) mass is 348 g/mol. The van der Waals surface area contributed by atoms with Gasteiger partial charge in [0, 0.05) is 26.5 Å². The van der Waals surface area contributed by atoms with Gasteiger partial charge in [0.25, 0.3) is 5.56 Å². The van der Waals surface area contributed by atoms with Gasteiger partial charge in [0.15, 0.2) is 11.8 Å². The molecule has 10 heteroatoms. The maximum absolute atomic E-state index is 13.7. The molecule has 0 bridgehead atoms. The number of aromatic amines is 1. The molecule has 2 heterocycles. The standard InChI is InChI=1S/C14H21FN2O7/c1-13(23-8-21-2)10(22-3)14(6-15,7-18)24-11(13)17-5-4-9(19)16-12(17)20/h4-5,10-11,18H,6-8H2,1-3H3,(H,16,19,20)/t10-,11?,13+,14+/m0/s1. The highest BCUT2D eigenvalue weighted by atomic mass is 19.1. The van der Waals surface area contributed by atoms with E-state index in [0.29, 0.717) is 0 Å². The summed E-state index contributed by atoms with van der Waals surface area (Å²) in [5.74, 6) is 0. The molecular weight excluding hydrogens is 327 g/mol. The van der Waals surface area contributed by atoms with Crippen molar-refractivity contribution < 1.29 is 28.4 Å². The second-order valence-corrected chi connectivity index (χ2v) is 5.69. The number of aromatic nitrogens is 2. The molecule has 4 atom stereocenters. The van der Waals surface area contributed by atoms with Crippen LogP contribution in [0.2, 0.25) is 0 Å². The Morgan fingerprint density at radius 1 is 1.46 bits per heavy atom. The maximum atomic E-state index is 13.7. The first-order valence-electron chi connectivity index (χ1n) is 7.20. The number of methoxy groups -OCH3 is 2. The average Bonchev–Trinajstić information content (AvgIpc) is 2.82. The van der Waals surface area contributed by atoms with E-state index in [1.807, 2.05) is 0 Å². The van der Waals surface area contributed by atoms with Gasteiger partial charge in [-0.1, -0.05) is 0 Å². The summed E-state index contributed by atoms with van der Waals surface area (Å²) < 4.78 is 36.3. The predicted molar refractivity (Wildman–Crippen MR) is 79.4 cm³/mol. The minimum Gasteiger partial charge on any atom is -0.393 e. The second kappa shape index (κ2) is 7.11. The molecule has 0 aromatic carbocycles. The van der Waals surface area contributed by atoms with Crippen LogP contribution in [0.1, 0.15) is 13.2 Å². The minimum absolute atomic E-state index is 0.178. The first-order valence-corrected chi connectivity index (χ1v) is 7.20. The lowest BCUT2D eigenvalue weighted by Crippen LogP contribution is -2.55. The van der Waals surface area contributed by atoms with Crippen LogP contribution < -0.4 is 11.2 Å². The molecule has 24 heavy (non-hydrogen) atoms. The summed E-state index contributed by atoms with van der Waals surface area (Å²) in [5, 5.41) is 9.68. The minimum atomic E-state index is -1.72. The van der Waals surface area contributed by atoms with Crippen molar-refractivity contribution in [1.82, 2.24) is 9.55 Å². The molecule has 0 spiro atoms. The quantitative estimate of drug-likeness (QED) is 0.618. The lowest BCUT2D eigenvalue weighted by molar-refractivity contribution is -0.192. The number of ether oxygens (including phenoxy) is 4. The first-order chi connectivity index (χ1) is 11.4. The highest BCUT2D eigenvalue weighted by Crippen LogP contribution is 2.47. The molecule has 2 N–H and O–H groups in total. The summed E-state index contributed by atoms with van der Waals surface area (Å²) >= 11 is 0. The van der Waals surface area contributed by atoms with E-state index in [1.54, 1.807) is 6.92 Å². The van der Waals surface area contributed by atoms with Crippen molar-refractivity contribution in [2.75, 3.05) is 34.3 Å². The van der Waals surface area contributed by atoms with Crippen LogP contribution in [0, 0.1) is 0 Å². The highest BCUT2D eigenvalue weighted by molar-refractivity contribution is 5.10. The molecule has 9 nitrogen and oxygen atoms in total. The molecule has 0 amide bonds. The SMILES string of the molecule is COCO[C@@]1(C)C(n2ccc(=O)[nH]c2=O)O[C@@](CO)(CF)[C@H]1OC. The Hall–Kier alpha value is -1.59. The normalized spacial score (nSPS) is 33.0. The largest absolute Gasteiger partial charge is 0.393 e. The zero-order chi connectivity index (χ0) is 18.0. The van der Waals surface area contributed by atoms with Gasteiger partial charge in [-0.3, -0.25) is 14.3 Å². The van der Waals surface area contributed by atoms with E-state index in [9.17, 15) is 19.1 Å². The molecule has 1 fully saturated rings. The summed E-state index contributed by atoms with van der Waals surface area (Å²) in [7, 11) is 2.72. The Morgan fingerprint density at radius 3 is 2.67 bits per heavy atom. The van der Waals surface area contributed by atoms with Gasteiger partial charge >= 0.3 is 5.69 Å². The van der Waals surface area contributed by atoms with Gasteiger partial charge in [0.2, 0.25) is 0 Å². The van der Waals surface area contributed by atoms with Crippen molar-refractivity contribution in [2.45, 2.75) is 30.5 Å². The molecule has 1 aliphatic rings. The number of nitrogens with one attached hydrogen (secondary N) is 1. The molecule has 1 aliphatic heterocycles. The molecule has 0 aliphatic carbocycles. The topological polar surface area (TPSA) is 112 Å². The van der Waals surface area contributed by atoms with E-state index in [4.69, 9.17) is 18.9 Å². The molecule has 0 radical (unpaired) electrons. The Labute approximate surface area is 136 Å². The van der Waals surface area contributed by atoms with Gasteiger partial charge in [-0.15, -0.1) is 0 Å². The van der Waals surface area contributed by atoms with Crippen molar-refractivity contribution in [3.63, 3.8) is 0 Å². The predicted octanol–water partition coefficient (Wildman–Crippen LogP) is -0.840. The van der Waals surface area contributed by atoms with Crippen LogP contribution in [0.15, 0.2) is 21.9 Å². The number of H-pyrrole nitrogens is 1. The van der Waals surface area contributed by atoms with Crippen LogP contribution in [0.3, 0.4) is 0 Å². The number of halogens is 1. The third kappa shape index (κ3) is 2.91. The number of alkyl halides is 1. The lowest BCUT2D eigenvalue weighted by atomic mass is 9.88. The number of rotatable bonds is 7. The molecule has 2 rings (SSSR count). The molecule has 136 valence electrons. The number of aliphatic hydroxyl groups excluding tert-OH is 1. The Kier molecular flexibility index (Phi) is 5.56. The first kappa shape index (κ1) is 18.7. The smallest absolute Gasteiger partial charge is 0.330 e. The molecular formula is C14H21FN2O7. The summed E-state index contributed by atoms with van der Waals surface area (Å²) in [6, 6.07) is 1.12. The number of nitrogens with zero attached hydrogens (tertiary/aromatic N) is 1. The molecule has 0 saturated carbocycles. The van der Waals surface area contributed by atoms with Crippen LogP contribution in [-0.4, -0.2) is 66.3 Å². The van der Waals surface area contributed by atoms with E-state index in [2.05, 4.69) is 4.98 Å². The van der Waals surface area contributed by atoms with Gasteiger partial charge < -0.3 is 24.1 Å². The van der Waals surface area contributed by atoms with Gasteiger partial charge in [-0.25, -0.2) is 9.18 Å². The number of hydrogen-bond donors (Lipinski definition) is 2. The van der Waals surface area contributed by atoms with E-state index < -0.39 is 48.1 Å². The molecule has 1 aromatic rings. The summed E-state index contributed by atoms with van der Waals surface area (Å²) in [4.78, 5) is 25.5. The third-order valence-electron chi connectivity index (χ3n) is 4.16. The lowest BCUT2D eigenvalue weighted by Gasteiger charge is -2.36. The molecule has 1 saturated heterocycles. The molecule has 1 unspecified atom stereocenters. The third-order valence-corrected chi connectivity index (χ3v) is 4.16. The van der Waals surface area contributed by atoms with Crippen molar-refractivity contribution in [3.05, 3.63) is 33.1 Å². The number of hydrogen-bond acceptors (Lipinski definition) is 7. The highest BCUT2D eigenvalue weighted by Gasteiger charge is 2.64. The zero-order valence-electron chi connectivity index (χ0n) is 13.7. The Balaban J connectivity index is 2.58. The average molecular weight is 348 g/mol. The fraction of sp³-hybridized carbons (Fsp3) is 0.714. The van der Waals surface area contributed by atoms with Crippen molar-refractivity contribution in [2.24, 2.45) is 0 Å². The van der Waals surface area contributed by atoms with Gasteiger partial charge in [-0.05, 0) is 6.92 Å². The Morgan fingerprint density at radius 2 is 2.17 bits per heavy atom. The van der Waals surface area contributed by atoms with E-state index in [0.717, 1.165) is 10.6 Å². The van der Waals surface area contributed by atoms with Crippen LogP contribution in [0.5, 0.6) is 0 Å². The van der Waals surface area contributed by atoms with Crippen LogP contribution in [0.25, 0.3) is 0 Å².